The van der Waals surface area contributed by atoms with Gasteiger partial charge in [-0.05, 0) is 56.5 Å². The molecule has 0 saturated carbocycles. The number of esters is 1. The maximum absolute atomic E-state index is 12.9. The molecular formula is C24H25ClN4O2S. The summed E-state index contributed by atoms with van der Waals surface area (Å²) in [6.07, 6.45) is 0. The number of hydrogen-bond donors (Lipinski definition) is 1. The number of allylic oxidation sites excluding steroid dienone is 1. The summed E-state index contributed by atoms with van der Waals surface area (Å²) in [5.74, 6) is 0.966. The van der Waals surface area contributed by atoms with Gasteiger partial charge in [0.1, 0.15) is 6.04 Å². The lowest BCUT2D eigenvalue weighted by Gasteiger charge is -2.28. The van der Waals surface area contributed by atoms with Gasteiger partial charge in [0.05, 0.1) is 12.2 Å². The summed E-state index contributed by atoms with van der Waals surface area (Å²) in [7, 11) is 0. The number of carbonyl (C=O) groups excluding carboxylic acids is 1. The first-order valence-corrected chi connectivity index (χ1v) is 11.8. The van der Waals surface area contributed by atoms with Crippen molar-refractivity contribution in [3.8, 4) is 0 Å². The van der Waals surface area contributed by atoms with Crippen molar-refractivity contribution in [1.82, 2.24) is 14.8 Å². The normalized spacial score (nSPS) is 15.3. The van der Waals surface area contributed by atoms with Crippen molar-refractivity contribution in [2.24, 2.45) is 0 Å². The van der Waals surface area contributed by atoms with E-state index < -0.39 is 6.04 Å². The van der Waals surface area contributed by atoms with Gasteiger partial charge in [-0.15, -0.1) is 5.10 Å². The van der Waals surface area contributed by atoms with Gasteiger partial charge in [-0.1, -0.05) is 59.3 Å². The van der Waals surface area contributed by atoms with Gasteiger partial charge < -0.3 is 10.1 Å². The number of aryl methyl sites for hydroxylation is 2. The Hall–Kier alpha value is -2.77. The molecule has 1 aromatic heterocycles. The number of nitrogens with zero attached hydrogens (tertiary/aromatic N) is 3. The molecule has 0 spiro atoms. The highest BCUT2D eigenvalue weighted by Crippen LogP contribution is 2.37. The summed E-state index contributed by atoms with van der Waals surface area (Å²) in [4.78, 5) is 17.5. The zero-order valence-electron chi connectivity index (χ0n) is 18.5. The number of ether oxygens (including phenoxy) is 1. The smallest absolute Gasteiger partial charge is 0.338 e. The number of nitrogens with one attached hydrogen (secondary N) is 1. The number of anilines is 1. The van der Waals surface area contributed by atoms with E-state index >= 15 is 0 Å². The van der Waals surface area contributed by atoms with Crippen molar-refractivity contribution in [2.75, 3.05) is 11.9 Å². The van der Waals surface area contributed by atoms with Crippen LogP contribution in [0.4, 0.5) is 5.95 Å². The molecule has 2 heterocycles. The third kappa shape index (κ3) is 4.54. The molecule has 166 valence electrons. The second kappa shape index (κ2) is 9.38. The maximum Gasteiger partial charge on any atom is 0.338 e. The molecule has 0 aliphatic carbocycles. The second-order valence-corrected chi connectivity index (χ2v) is 9.10. The molecular weight excluding hydrogens is 444 g/mol. The molecule has 0 fully saturated rings. The van der Waals surface area contributed by atoms with Crippen molar-refractivity contribution in [1.29, 1.82) is 0 Å². The fraction of sp³-hybridized carbons (Fsp3) is 0.292. The highest BCUT2D eigenvalue weighted by atomic mass is 35.5. The van der Waals surface area contributed by atoms with Crippen LogP contribution >= 0.6 is 23.4 Å². The Labute approximate surface area is 197 Å². The molecule has 1 aliphatic heterocycles. The summed E-state index contributed by atoms with van der Waals surface area (Å²) >= 11 is 7.84. The van der Waals surface area contributed by atoms with E-state index in [2.05, 4.69) is 37.4 Å². The predicted octanol–water partition coefficient (Wildman–Crippen LogP) is 5.69. The monoisotopic (exact) mass is 468 g/mol. The highest BCUT2D eigenvalue weighted by molar-refractivity contribution is 7.98. The largest absolute Gasteiger partial charge is 0.463 e. The number of halogens is 1. The highest BCUT2D eigenvalue weighted by Gasteiger charge is 2.35. The van der Waals surface area contributed by atoms with Gasteiger partial charge in [-0.2, -0.15) is 4.98 Å². The van der Waals surface area contributed by atoms with Crippen LogP contribution in [0.25, 0.3) is 0 Å². The van der Waals surface area contributed by atoms with Gasteiger partial charge >= 0.3 is 5.97 Å². The Balaban J connectivity index is 1.70. The zero-order valence-corrected chi connectivity index (χ0v) is 20.0. The summed E-state index contributed by atoms with van der Waals surface area (Å²) in [6.45, 7) is 8.13. The molecule has 4 rings (SSSR count). The number of benzene rings is 2. The van der Waals surface area contributed by atoms with E-state index in [4.69, 9.17) is 26.4 Å². The van der Waals surface area contributed by atoms with Gasteiger partial charge in [0.2, 0.25) is 11.1 Å². The van der Waals surface area contributed by atoms with E-state index in [9.17, 15) is 4.79 Å². The molecule has 0 radical (unpaired) electrons. The molecule has 1 N–H and O–H groups in total. The van der Waals surface area contributed by atoms with Crippen molar-refractivity contribution in [3.05, 3.63) is 81.0 Å². The average molecular weight is 469 g/mol. The third-order valence-electron chi connectivity index (χ3n) is 5.35. The van der Waals surface area contributed by atoms with E-state index in [1.165, 1.54) is 16.7 Å². The van der Waals surface area contributed by atoms with Crippen molar-refractivity contribution >= 4 is 35.3 Å². The van der Waals surface area contributed by atoms with Crippen LogP contribution in [-0.4, -0.2) is 27.3 Å². The Bertz CT molecular complexity index is 1200. The summed E-state index contributed by atoms with van der Waals surface area (Å²) < 4.78 is 7.10. The van der Waals surface area contributed by atoms with Gasteiger partial charge in [0.25, 0.3) is 0 Å². The topological polar surface area (TPSA) is 69.0 Å². The number of hydrogen-bond acceptors (Lipinski definition) is 6. The lowest BCUT2D eigenvalue weighted by Crippen LogP contribution is -2.29. The van der Waals surface area contributed by atoms with Crippen LogP contribution < -0.4 is 5.32 Å². The van der Waals surface area contributed by atoms with Crippen LogP contribution in [0.3, 0.4) is 0 Å². The molecule has 1 unspecified atom stereocenters. The minimum absolute atomic E-state index is 0.291. The van der Waals surface area contributed by atoms with Crippen molar-refractivity contribution in [2.45, 2.75) is 44.6 Å². The first-order valence-electron chi connectivity index (χ1n) is 10.4. The molecule has 6 nitrogen and oxygen atoms in total. The van der Waals surface area contributed by atoms with Crippen LogP contribution in [0.1, 0.15) is 42.1 Å². The SMILES string of the molecule is CCOC(=O)C1=C(C)Nc2nc(SCc3cc(C)ccc3C)nn2C1c1cccc(Cl)c1. The first kappa shape index (κ1) is 22.4. The lowest BCUT2D eigenvalue weighted by atomic mass is 9.96. The van der Waals surface area contributed by atoms with Gasteiger partial charge in [0.15, 0.2) is 0 Å². The van der Waals surface area contributed by atoms with E-state index in [1.807, 2.05) is 25.1 Å². The minimum Gasteiger partial charge on any atom is -0.463 e. The summed E-state index contributed by atoms with van der Waals surface area (Å²) in [5.41, 5.74) is 5.76. The molecule has 1 aliphatic rings. The fourth-order valence-corrected chi connectivity index (χ4v) is 4.84. The molecule has 0 saturated heterocycles. The molecule has 32 heavy (non-hydrogen) atoms. The lowest BCUT2D eigenvalue weighted by molar-refractivity contribution is -0.139. The Kier molecular flexibility index (Phi) is 6.58. The number of carbonyl (C=O) groups is 1. The van der Waals surface area contributed by atoms with E-state index in [-0.39, 0.29) is 5.97 Å². The van der Waals surface area contributed by atoms with Crippen LogP contribution in [0.5, 0.6) is 0 Å². The number of rotatable bonds is 6. The van der Waals surface area contributed by atoms with Gasteiger partial charge in [-0.3, -0.25) is 0 Å². The van der Waals surface area contributed by atoms with Gasteiger partial charge in [-0.25, -0.2) is 9.48 Å². The van der Waals surface area contributed by atoms with Crippen LogP contribution in [0, 0.1) is 13.8 Å². The predicted molar refractivity (Wildman–Crippen MR) is 128 cm³/mol. The van der Waals surface area contributed by atoms with Crippen LogP contribution in [-0.2, 0) is 15.3 Å². The fourth-order valence-electron chi connectivity index (χ4n) is 3.75. The molecule has 3 aromatic rings. The Morgan fingerprint density at radius 2 is 2.03 bits per heavy atom. The summed E-state index contributed by atoms with van der Waals surface area (Å²) in [5, 5.41) is 9.21. The maximum atomic E-state index is 12.9. The quantitative estimate of drug-likeness (QED) is 0.370. The van der Waals surface area contributed by atoms with Crippen LogP contribution in [0.15, 0.2) is 58.9 Å². The average Bonchev–Trinajstić information content (AvgIpc) is 3.15. The number of aromatic nitrogens is 3. The number of fused-ring (bicyclic) bond motifs is 1. The van der Waals surface area contributed by atoms with Gasteiger partial charge in [0, 0.05) is 16.5 Å². The van der Waals surface area contributed by atoms with Crippen molar-refractivity contribution < 1.29 is 9.53 Å². The Morgan fingerprint density at radius 3 is 2.78 bits per heavy atom. The minimum atomic E-state index is -0.480. The standard InChI is InChI=1S/C24H25ClN4O2S/c1-5-31-22(30)20-16(4)26-23-27-24(32-13-18-11-14(2)9-10-15(18)3)28-29(23)21(20)17-7-6-8-19(25)12-17/h6-12,21H,5,13H2,1-4H3,(H,26,27,28). The Morgan fingerprint density at radius 1 is 1.22 bits per heavy atom. The molecule has 0 bridgehead atoms. The number of thioether (sulfide) groups is 1. The molecule has 8 heteroatoms. The van der Waals surface area contributed by atoms with Crippen LogP contribution in [0.2, 0.25) is 5.02 Å². The molecule has 1 atom stereocenters. The zero-order chi connectivity index (χ0) is 22.8. The second-order valence-electron chi connectivity index (χ2n) is 7.72. The van der Waals surface area contributed by atoms with Crippen molar-refractivity contribution in [3.63, 3.8) is 0 Å². The van der Waals surface area contributed by atoms with E-state index in [0.717, 1.165) is 11.3 Å². The summed E-state index contributed by atoms with van der Waals surface area (Å²) in [6, 6.07) is 13.4. The third-order valence-corrected chi connectivity index (χ3v) is 6.48. The van der Waals surface area contributed by atoms with E-state index in [0.29, 0.717) is 34.0 Å². The first-order chi connectivity index (χ1) is 15.4. The molecule has 0 amide bonds. The van der Waals surface area contributed by atoms with E-state index in [1.54, 1.807) is 29.4 Å². The molecule has 2 aromatic carbocycles.